The first kappa shape index (κ1) is 15.1. The molecule has 1 rings (SSSR count). The number of hydrogen-bond donors (Lipinski definition) is 3. The molecule has 7 heteroatoms. The Morgan fingerprint density at radius 1 is 1.33 bits per heavy atom. The van der Waals surface area contributed by atoms with Crippen molar-refractivity contribution < 1.29 is 18.6 Å². The van der Waals surface area contributed by atoms with Crippen LogP contribution in [-0.2, 0) is 16.8 Å². The second-order valence-electron chi connectivity index (χ2n) is 3.93. The second-order valence-corrected chi connectivity index (χ2v) is 5.79. The number of hydrogen-bond acceptors (Lipinski definition) is 4. The molecule has 0 aliphatic carbocycles. The van der Waals surface area contributed by atoms with Crippen LogP contribution < -0.4 is 4.72 Å². The Morgan fingerprint density at radius 2 is 1.94 bits per heavy atom. The lowest BCUT2D eigenvalue weighted by Crippen LogP contribution is -2.42. The Balaban J connectivity index is 2.57. The third kappa shape index (κ3) is 4.71. The molecule has 0 aliphatic heterocycles. The Morgan fingerprint density at radius 3 is 2.50 bits per heavy atom. The molecule has 0 radical (unpaired) electrons. The van der Waals surface area contributed by atoms with Crippen LogP contribution in [0.4, 0.5) is 0 Å². The minimum Gasteiger partial charge on any atom is -0.394 e. The number of benzene rings is 1. The van der Waals surface area contributed by atoms with Crippen LogP contribution in [0.15, 0.2) is 30.3 Å². The smallest absolute Gasteiger partial charge is 0.279 e. The van der Waals surface area contributed by atoms with E-state index in [1.54, 1.807) is 0 Å². The minimum atomic E-state index is -3.65. The van der Waals surface area contributed by atoms with Crippen molar-refractivity contribution >= 4 is 10.2 Å². The fourth-order valence-electron chi connectivity index (χ4n) is 1.30. The molecule has 1 atom stereocenters. The van der Waals surface area contributed by atoms with Crippen LogP contribution in [0.5, 0.6) is 0 Å². The van der Waals surface area contributed by atoms with Crippen LogP contribution in [-0.4, -0.2) is 49.2 Å². The number of aliphatic hydroxyl groups excluding tert-OH is 2. The maximum atomic E-state index is 11.8. The summed E-state index contributed by atoms with van der Waals surface area (Å²) in [6.07, 6.45) is -1.09. The molecule has 6 nitrogen and oxygen atoms in total. The van der Waals surface area contributed by atoms with Crippen LogP contribution in [0.1, 0.15) is 5.56 Å². The Hall–Kier alpha value is -0.990. The average Bonchev–Trinajstić information content (AvgIpc) is 2.37. The predicted molar refractivity (Wildman–Crippen MR) is 67.9 cm³/mol. The largest absolute Gasteiger partial charge is 0.394 e. The first-order valence-electron chi connectivity index (χ1n) is 5.49. The fraction of sp³-hybridized carbons (Fsp3) is 0.455. The molecule has 1 aromatic carbocycles. The van der Waals surface area contributed by atoms with Gasteiger partial charge in [0.15, 0.2) is 0 Å². The summed E-state index contributed by atoms with van der Waals surface area (Å²) in [5, 5.41) is 17.7. The zero-order valence-electron chi connectivity index (χ0n) is 10.2. The minimum absolute atomic E-state index is 0.210. The lowest BCUT2D eigenvalue weighted by atomic mass is 10.2. The van der Waals surface area contributed by atoms with Crippen LogP contribution >= 0.6 is 0 Å². The lowest BCUT2D eigenvalue weighted by molar-refractivity contribution is 0.0985. The van der Waals surface area contributed by atoms with E-state index in [9.17, 15) is 8.42 Å². The van der Waals surface area contributed by atoms with Crippen molar-refractivity contribution in [2.75, 3.05) is 20.2 Å². The summed E-state index contributed by atoms with van der Waals surface area (Å²) in [7, 11) is -2.21. The molecule has 0 heterocycles. The number of nitrogens with one attached hydrogen (secondary N) is 1. The molecule has 1 unspecified atom stereocenters. The molecule has 18 heavy (non-hydrogen) atoms. The summed E-state index contributed by atoms with van der Waals surface area (Å²) in [6, 6.07) is 9.18. The monoisotopic (exact) mass is 274 g/mol. The van der Waals surface area contributed by atoms with Gasteiger partial charge in [-0.25, -0.2) is 0 Å². The van der Waals surface area contributed by atoms with E-state index in [-0.39, 0.29) is 13.1 Å². The van der Waals surface area contributed by atoms with Gasteiger partial charge in [-0.1, -0.05) is 30.3 Å². The molecule has 102 valence electrons. The van der Waals surface area contributed by atoms with Crippen LogP contribution in [0.2, 0.25) is 0 Å². The van der Waals surface area contributed by atoms with Crippen molar-refractivity contribution in [3.63, 3.8) is 0 Å². The van der Waals surface area contributed by atoms with Crippen molar-refractivity contribution in [1.29, 1.82) is 0 Å². The van der Waals surface area contributed by atoms with Crippen molar-refractivity contribution in [2.45, 2.75) is 12.6 Å². The van der Waals surface area contributed by atoms with E-state index >= 15 is 0 Å². The Bertz CT molecular complexity index is 449. The quantitative estimate of drug-likeness (QED) is 0.614. The van der Waals surface area contributed by atoms with Gasteiger partial charge in [-0.3, -0.25) is 0 Å². The number of nitrogens with zero attached hydrogens (tertiary/aromatic N) is 1. The summed E-state index contributed by atoms with van der Waals surface area (Å²) in [5.41, 5.74) is 0.869. The van der Waals surface area contributed by atoms with E-state index in [2.05, 4.69) is 4.72 Å². The number of rotatable bonds is 7. The van der Waals surface area contributed by atoms with E-state index in [4.69, 9.17) is 10.2 Å². The molecule has 3 N–H and O–H groups in total. The van der Waals surface area contributed by atoms with Gasteiger partial charge in [0.1, 0.15) is 0 Å². The topological polar surface area (TPSA) is 89.9 Å². The highest BCUT2D eigenvalue weighted by Crippen LogP contribution is 2.05. The molecule has 0 fully saturated rings. The van der Waals surface area contributed by atoms with E-state index in [1.807, 2.05) is 30.3 Å². The lowest BCUT2D eigenvalue weighted by Gasteiger charge is -2.18. The van der Waals surface area contributed by atoms with Gasteiger partial charge in [0, 0.05) is 20.1 Å². The molecule has 0 amide bonds. The van der Waals surface area contributed by atoms with Gasteiger partial charge in [-0.05, 0) is 5.56 Å². The predicted octanol–water partition coefficient (Wildman–Crippen LogP) is -0.694. The third-order valence-corrected chi connectivity index (χ3v) is 3.85. The highest BCUT2D eigenvalue weighted by Gasteiger charge is 2.18. The first-order chi connectivity index (χ1) is 8.45. The fourth-order valence-corrected chi connectivity index (χ4v) is 2.24. The Labute approximate surface area is 107 Å². The molecule has 0 aromatic heterocycles. The standard InChI is InChI=1S/C11H18N2O4S/c1-13(8-10-5-3-2-4-6-10)18(16,17)12-7-11(15)9-14/h2-6,11-12,14-15H,7-9H2,1H3. The van der Waals surface area contributed by atoms with Gasteiger partial charge in [0.05, 0.1) is 12.7 Å². The first-order valence-corrected chi connectivity index (χ1v) is 6.93. The van der Waals surface area contributed by atoms with Crippen molar-refractivity contribution in [3.05, 3.63) is 35.9 Å². The zero-order valence-corrected chi connectivity index (χ0v) is 11.0. The van der Waals surface area contributed by atoms with Crippen LogP contribution in [0.3, 0.4) is 0 Å². The molecular formula is C11H18N2O4S. The highest BCUT2D eigenvalue weighted by molar-refractivity contribution is 7.87. The van der Waals surface area contributed by atoms with Crippen LogP contribution in [0.25, 0.3) is 0 Å². The van der Waals surface area contributed by atoms with Gasteiger partial charge in [-0.15, -0.1) is 0 Å². The second kappa shape index (κ2) is 6.81. The van der Waals surface area contributed by atoms with Crippen molar-refractivity contribution in [2.24, 2.45) is 0 Å². The number of aliphatic hydroxyl groups is 2. The van der Waals surface area contributed by atoms with E-state index in [0.717, 1.165) is 9.87 Å². The molecule has 0 saturated carbocycles. The van der Waals surface area contributed by atoms with Crippen molar-refractivity contribution in [3.8, 4) is 0 Å². The molecule has 0 saturated heterocycles. The van der Waals surface area contributed by atoms with Gasteiger partial charge >= 0.3 is 0 Å². The highest BCUT2D eigenvalue weighted by atomic mass is 32.2. The Kier molecular flexibility index (Phi) is 5.70. The third-order valence-electron chi connectivity index (χ3n) is 2.37. The van der Waals surface area contributed by atoms with E-state index in [0.29, 0.717) is 0 Å². The zero-order chi connectivity index (χ0) is 13.6. The summed E-state index contributed by atoms with van der Waals surface area (Å²) < 4.78 is 26.9. The maximum Gasteiger partial charge on any atom is 0.279 e. The molecular weight excluding hydrogens is 256 g/mol. The molecule has 0 aliphatic rings. The van der Waals surface area contributed by atoms with Crippen molar-refractivity contribution in [1.82, 2.24) is 9.03 Å². The summed E-state index contributed by atoms with van der Waals surface area (Å²) >= 11 is 0. The van der Waals surface area contributed by atoms with E-state index < -0.39 is 22.9 Å². The van der Waals surface area contributed by atoms with E-state index in [1.165, 1.54) is 7.05 Å². The van der Waals surface area contributed by atoms with Gasteiger partial charge in [0.25, 0.3) is 10.2 Å². The molecule has 0 bridgehead atoms. The normalized spacial score (nSPS) is 13.8. The van der Waals surface area contributed by atoms with Gasteiger partial charge < -0.3 is 10.2 Å². The summed E-state index contributed by atoms with van der Waals surface area (Å²) in [4.78, 5) is 0. The maximum absolute atomic E-state index is 11.8. The SMILES string of the molecule is CN(Cc1ccccc1)S(=O)(=O)NCC(O)CO. The molecule has 1 aromatic rings. The molecule has 0 spiro atoms. The average molecular weight is 274 g/mol. The summed E-state index contributed by atoms with van der Waals surface area (Å²) in [6.45, 7) is -0.450. The summed E-state index contributed by atoms with van der Waals surface area (Å²) in [5.74, 6) is 0. The van der Waals surface area contributed by atoms with Crippen LogP contribution in [0, 0.1) is 0 Å². The van der Waals surface area contributed by atoms with Gasteiger partial charge in [-0.2, -0.15) is 17.4 Å². The van der Waals surface area contributed by atoms with Gasteiger partial charge in [0.2, 0.25) is 0 Å².